The molecule has 0 aliphatic heterocycles. The standard InChI is InChI=1S/C12H28N2O3S/c1-4-6-13-8-11-18(15,16)14-7-10-17-9-5-12(2)3/h12-14H,4-11H2,1-3H3. The fourth-order valence-corrected chi connectivity index (χ4v) is 2.22. The van der Waals surface area contributed by atoms with Gasteiger partial charge in [0.1, 0.15) is 0 Å². The van der Waals surface area contributed by atoms with E-state index in [4.69, 9.17) is 4.74 Å². The molecule has 0 spiro atoms. The first kappa shape index (κ1) is 17.8. The molecule has 0 aromatic carbocycles. The fraction of sp³-hybridized carbons (Fsp3) is 1.00. The van der Waals surface area contributed by atoms with E-state index >= 15 is 0 Å². The van der Waals surface area contributed by atoms with Gasteiger partial charge in [0.25, 0.3) is 0 Å². The van der Waals surface area contributed by atoms with Gasteiger partial charge in [-0.3, -0.25) is 0 Å². The van der Waals surface area contributed by atoms with Crippen LogP contribution in [-0.2, 0) is 14.8 Å². The first-order chi connectivity index (χ1) is 8.48. The Bertz CT molecular complexity index is 279. The molecule has 0 saturated heterocycles. The molecule has 110 valence electrons. The van der Waals surface area contributed by atoms with E-state index < -0.39 is 10.0 Å². The van der Waals surface area contributed by atoms with Crippen molar-refractivity contribution < 1.29 is 13.2 Å². The van der Waals surface area contributed by atoms with Crippen molar-refractivity contribution >= 4 is 10.0 Å². The Morgan fingerprint density at radius 2 is 1.83 bits per heavy atom. The summed E-state index contributed by atoms with van der Waals surface area (Å²) >= 11 is 0. The first-order valence-corrected chi connectivity index (χ1v) is 8.39. The van der Waals surface area contributed by atoms with Gasteiger partial charge in [0.05, 0.1) is 12.4 Å². The summed E-state index contributed by atoms with van der Waals surface area (Å²) in [7, 11) is -3.16. The molecule has 2 N–H and O–H groups in total. The number of hydrogen-bond acceptors (Lipinski definition) is 4. The topological polar surface area (TPSA) is 67.4 Å². The summed E-state index contributed by atoms with van der Waals surface area (Å²) in [5.41, 5.74) is 0. The predicted octanol–water partition coefficient (Wildman–Crippen LogP) is 0.968. The van der Waals surface area contributed by atoms with E-state index in [0.717, 1.165) is 19.4 Å². The second kappa shape index (κ2) is 10.7. The zero-order valence-electron chi connectivity index (χ0n) is 11.9. The minimum absolute atomic E-state index is 0.124. The lowest BCUT2D eigenvalue weighted by molar-refractivity contribution is 0.128. The van der Waals surface area contributed by atoms with Crippen LogP contribution in [0.4, 0.5) is 0 Å². The van der Waals surface area contributed by atoms with Crippen LogP contribution in [0, 0.1) is 5.92 Å². The Balaban J connectivity index is 3.47. The number of nitrogens with one attached hydrogen (secondary N) is 2. The van der Waals surface area contributed by atoms with Gasteiger partial charge in [-0.2, -0.15) is 0 Å². The number of hydrogen-bond donors (Lipinski definition) is 2. The van der Waals surface area contributed by atoms with Crippen LogP contribution < -0.4 is 10.0 Å². The highest BCUT2D eigenvalue weighted by atomic mass is 32.2. The maximum Gasteiger partial charge on any atom is 0.212 e. The second-order valence-electron chi connectivity index (χ2n) is 4.76. The van der Waals surface area contributed by atoms with E-state index in [1.54, 1.807) is 0 Å². The Labute approximate surface area is 112 Å². The van der Waals surface area contributed by atoms with Gasteiger partial charge in [0.15, 0.2) is 0 Å². The van der Waals surface area contributed by atoms with Crippen LogP contribution in [-0.4, -0.2) is 47.0 Å². The van der Waals surface area contributed by atoms with Crippen LogP contribution in [0.5, 0.6) is 0 Å². The molecule has 5 nitrogen and oxygen atoms in total. The van der Waals surface area contributed by atoms with Gasteiger partial charge in [-0.25, -0.2) is 13.1 Å². The van der Waals surface area contributed by atoms with E-state index in [9.17, 15) is 8.42 Å². The Hall–Kier alpha value is -0.170. The zero-order chi connectivity index (χ0) is 13.9. The molecule has 0 aromatic heterocycles. The molecule has 0 atom stereocenters. The quantitative estimate of drug-likeness (QED) is 0.523. The van der Waals surface area contributed by atoms with Crippen LogP contribution in [0.3, 0.4) is 0 Å². The van der Waals surface area contributed by atoms with E-state index in [2.05, 4.69) is 23.9 Å². The van der Waals surface area contributed by atoms with Gasteiger partial charge < -0.3 is 10.1 Å². The second-order valence-corrected chi connectivity index (χ2v) is 6.68. The Morgan fingerprint density at radius 1 is 1.11 bits per heavy atom. The van der Waals surface area contributed by atoms with Crippen LogP contribution in [0.25, 0.3) is 0 Å². The molecule has 0 amide bonds. The smallest absolute Gasteiger partial charge is 0.212 e. The largest absolute Gasteiger partial charge is 0.380 e. The lowest BCUT2D eigenvalue weighted by Crippen LogP contribution is -2.34. The summed E-state index contributed by atoms with van der Waals surface area (Å²) in [6.07, 6.45) is 2.02. The highest BCUT2D eigenvalue weighted by molar-refractivity contribution is 7.89. The molecule has 0 fully saturated rings. The third kappa shape index (κ3) is 12.3. The van der Waals surface area contributed by atoms with Gasteiger partial charge in [0, 0.05) is 19.7 Å². The van der Waals surface area contributed by atoms with Crippen molar-refractivity contribution in [1.29, 1.82) is 0 Å². The number of sulfonamides is 1. The average Bonchev–Trinajstić information content (AvgIpc) is 2.29. The lowest BCUT2D eigenvalue weighted by atomic mass is 10.1. The zero-order valence-corrected chi connectivity index (χ0v) is 12.7. The summed E-state index contributed by atoms with van der Waals surface area (Å²) in [5.74, 6) is 0.741. The van der Waals surface area contributed by atoms with Crippen molar-refractivity contribution in [2.45, 2.75) is 33.6 Å². The molecule has 6 heteroatoms. The summed E-state index contributed by atoms with van der Waals surface area (Å²) < 4.78 is 30.9. The SMILES string of the molecule is CCCNCCS(=O)(=O)NCCOCCC(C)C. The third-order valence-corrected chi connectivity index (χ3v) is 3.77. The Kier molecular flexibility index (Phi) is 10.6. The van der Waals surface area contributed by atoms with Crippen LogP contribution in [0.2, 0.25) is 0 Å². The van der Waals surface area contributed by atoms with Gasteiger partial charge in [0.2, 0.25) is 10.0 Å². The molecule has 0 aliphatic carbocycles. The molecular weight excluding hydrogens is 252 g/mol. The minimum atomic E-state index is -3.16. The maximum absolute atomic E-state index is 11.5. The number of rotatable bonds is 12. The van der Waals surface area contributed by atoms with Crippen molar-refractivity contribution in [2.24, 2.45) is 5.92 Å². The lowest BCUT2D eigenvalue weighted by Gasteiger charge is -2.09. The molecule has 0 bridgehead atoms. The molecular formula is C12H28N2O3S. The van der Waals surface area contributed by atoms with Crippen molar-refractivity contribution in [3.8, 4) is 0 Å². The monoisotopic (exact) mass is 280 g/mol. The highest BCUT2D eigenvalue weighted by Gasteiger charge is 2.08. The van der Waals surface area contributed by atoms with Gasteiger partial charge in [-0.15, -0.1) is 0 Å². The minimum Gasteiger partial charge on any atom is -0.380 e. The third-order valence-electron chi connectivity index (χ3n) is 2.38. The summed E-state index contributed by atoms with van der Waals surface area (Å²) in [5, 5.41) is 3.06. The molecule has 0 heterocycles. The van der Waals surface area contributed by atoms with Gasteiger partial charge in [-0.05, 0) is 25.3 Å². The predicted molar refractivity (Wildman–Crippen MR) is 75.2 cm³/mol. The molecule has 0 radical (unpaired) electrons. The van der Waals surface area contributed by atoms with Crippen LogP contribution in [0.15, 0.2) is 0 Å². The van der Waals surface area contributed by atoms with Crippen LogP contribution >= 0.6 is 0 Å². The van der Waals surface area contributed by atoms with Crippen molar-refractivity contribution in [3.63, 3.8) is 0 Å². The molecule has 0 rings (SSSR count). The molecule has 0 unspecified atom stereocenters. The maximum atomic E-state index is 11.5. The van der Waals surface area contributed by atoms with E-state index in [-0.39, 0.29) is 5.75 Å². The van der Waals surface area contributed by atoms with Crippen molar-refractivity contribution in [3.05, 3.63) is 0 Å². The van der Waals surface area contributed by atoms with E-state index in [1.165, 1.54) is 0 Å². The van der Waals surface area contributed by atoms with E-state index in [0.29, 0.717) is 32.2 Å². The highest BCUT2D eigenvalue weighted by Crippen LogP contribution is 1.98. The summed E-state index contributed by atoms with van der Waals surface area (Å²) in [6.45, 7) is 9.16. The normalized spacial score (nSPS) is 12.2. The van der Waals surface area contributed by atoms with Crippen molar-refractivity contribution in [1.82, 2.24) is 10.0 Å². The van der Waals surface area contributed by atoms with Gasteiger partial charge >= 0.3 is 0 Å². The van der Waals surface area contributed by atoms with E-state index in [1.807, 2.05) is 6.92 Å². The van der Waals surface area contributed by atoms with Crippen molar-refractivity contribution in [2.75, 3.05) is 38.6 Å². The average molecular weight is 280 g/mol. The molecule has 18 heavy (non-hydrogen) atoms. The Morgan fingerprint density at radius 3 is 2.44 bits per heavy atom. The summed E-state index contributed by atoms with van der Waals surface area (Å²) in [6, 6.07) is 0. The molecule has 0 aliphatic rings. The number of ether oxygens (including phenoxy) is 1. The molecule has 0 saturated carbocycles. The van der Waals surface area contributed by atoms with Gasteiger partial charge in [-0.1, -0.05) is 20.8 Å². The fourth-order valence-electron chi connectivity index (χ4n) is 1.27. The summed E-state index contributed by atoms with van der Waals surface area (Å²) in [4.78, 5) is 0. The van der Waals surface area contributed by atoms with Crippen LogP contribution in [0.1, 0.15) is 33.6 Å². The first-order valence-electron chi connectivity index (χ1n) is 6.73. The molecule has 0 aromatic rings.